The van der Waals surface area contributed by atoms with Gasteiger partial charge in [-0.05, 0) is 6.42 Å². The highest BCUT2D eigenvalue weighted by Crippen LogP contribution is 1.94. The van der Waals surface area contributed by atoms with E-state index >= 15 is 0 Å². The van der Waals surface area contributed by atoms with Crippen LogP contribution in [-0.2, 0) is 4.74 Å². The van der Waals surface area contributed by atoms with Gasteiger partial charge in [0.1, 0.15) is 0 Å². The van der Waals surface area contributed by atoms with Crippen molar-refractivity contribution in [3.63, 3.8) is 0 Å². The monoisotopic (exact) mass is 205 g/mol. The zero-order valence-corrected chi connectivity index (χ0v) is 8.60. The smallest absolute Gasteiger partial charge is 0.156 e. The second-order valence-electron chi connectivity index (χ2n) is 2.99. The molecule has 0 bridgehead atoms. The van der Waals surface area contributed by atoms with Crippen molar-refractivity contribution in [3.8, 4) is 0 Å². The summed E-state index contributed by atoms with van der Waals surface area (Å²) in [5.74, 6) is 0.113. The first-order valence-electron chi connectivity index (χ1n) is 4.52. The van der Waals surface area contributed by atoms with Gasteiger partial charge in [0.05, 0.1) is 25.3 Å². The minimum atomic E-state index is -0.243. The molecule has 0 amide bonds. The van der Waals surface area contributed by atoms with Gasteiger partial charge in [-0.15, -0.1) is 0 Å². The first-order valence-corrected chi connectivity index (χ1v) is 4.52. The van der Waals surface area contributed by atoms with Crippen LogP contribution < -0.4 is 11.1 Å². The summed E-state index contributed by atoms with van der Waals surface area (Å²) in [6, 6.07) is -0.447. The Hall–Kier alpha value is -0.850. The summed E-state index contributed by atoms with van der Waals surface area (Å²) < 4.78 is 4.89. The summed E-state index contributed by atoms with van der Waals surface area (Å²) in [6.07, 6.45) is 0.677. The summed E-state index contributed by atoms with van der Waals surface area (Å²) in [4.78, 5) is 0. The first-order chi connectivity index (χ1) is 6.69. The number of nitrogens with two attached hydrogens (primary N) is 1. The van der Waals surface area contributed by atoms with E-state index in [1.54, 1.807) is 7.11 Å². The molecule has 6 nitrogen and oxygen atoms in total. The van der Waals surface area contributed by atoms with E-state index in [0.29, 0.717) is 13.0 Å². The number of hydrogen-bond acceptors (Lipinski definition) is 5. The molecular formula is C8H19N3O3. The van der Waals surface area contributed by atoms with Crippen molar-refractivity contribution in [3.05, 3.63) is 0 Å². The molecule has 0 aliphatic heterocycles. The highest BCUT2D eigenvalue weighted by Gasteiger charge is 2.16. The number of rotatable bonds is 7. The van der Waals surface area contributed by atoms with Crippen LogP contribution in [0.15, 0.2) is 5.16 Å². The molecule has 0 radical (unpaired) electrons. The molecular weight excluding hydrogens is 186 g/mol. The Kier molecular flexibility index (Phi) is 7.09. The van der Waals surface area contributed by atoms with Crippen molar-refractivity contribution in [1.29, 1.82) is 0 Å². The van der Waals surface area contributed by atoms with Gasteiger partial charge >= 0.3 is 0 Å². The van der Waals surface area contributed by atoms with Gasteiger partial charge in [-0.3, -0.25) is 0 Å². The second-order valence-corrected chi connectivity index (χ2v) is 2.99. The van der Waals surface area contributed by atoms with E-state index in [0.717, 1.165) is 0 Å². The largest absolute Gasteiger partial charge is 0.409 e. The molecule has 14 heavy (non-hydrogen) atoms. The summed E-state index contributed by atoms with van der Waals surface area (Å²) in [5, 5.41) is 23.4. The van der Waals surface area contributed by atoms with Crippen molar-refractivity contribution in [2.24, 2.45) is 10.9 Å². The van der Waals surface area contributed by atoms with Crippen LogP contribution in [-0.4, -0.2) is 48.6 Å². The molecule has 0 aliphatic rings. The van der Waals surface area contributed by atoms with Crippen LogP contribution in [0.4, 0.5) is 0 Å². The van der Waals surface area contributed by atoms with Crippen molar-refractivity contribution < 1.29 is 15.1 Å². The fourth-order valence-corrected chi connectivity index (χ4v) is 1.12. The molecule has 0 saturated carbocycles. The molecule has 0 rings (SSSR count). The van der Waals surface area contributed by atoms with Crippen molar-refractivity contribution in [1.82, 2.24) is 5.32 Å². The van der Waals surface area contributed by atoms with Gasteiger partial charge in [-0.1, -0.05) is 12.1 Å². The standard InChI is InChI=1S/C8H19N3O3/c1-3-7(8(9)11-13)10-6(4-12)5-14-2/h6-7,10,12-13H,3-5H2,1-2H3,(H2,9,11). The number of oxime groups is 1. The normalized spacial score (nSPS) is 16.6. The SMILES string of the molecule is CCC(NC(CO)COC)C(N)=NO. The van der Waals surface area contributed by atoms with Crippen molar-refractivity contribution in [2.75, 3.05) is 20.3 Å². The maximum absolute atomic E-state index is 8.97. The Bertz CT molecular complexity index is 175. The zero-order valence-electron chi connectivity index (χ0n) is 8.60. The molecule has 0 aromatic heterocycles. The highest BCUT2D eigenvalue weighted by molar-refractivity contribution is 5.85. The summed E-state index contributed by atoms with van der Waals surface area (Å²) >= 11 is 0. The zero-order chi connectivity index (χ0) is 11.0. The molecule has 0 aliphatic carbocycles. The third kappa shape index (κ3) is 4.40. The molecule has 0 fully saturated rings. The first kappa shape index (κ1) is 13.2. The third-order valence-corrected chi connectivity index (χ3v) is 1.91. The van der Waals surface area contributed by atoms with Crippen LogP contribution in [0.2, 0.25) is 0 Å². The molecule has 0 spiro atoms. The number of nitrogens with one attached hydrogen (secondary N) is 1. The maximum Gasteiger partial charge on any atom is 0.156 e. The average Bonchev–Trinajstić information content (AvgIpc) is 2.23. The van der Waals surface area contributed by atoms with Gasteiger partial charge in [0.25, 0.3) is 0 Å². The summed E-state index contributed by atoms with van der Waals surface area (Å²) in [5.41, 5.74) is 5.44. The fraction of sp³-hybridized carbons (Fsp3) is 0.875. The predicted octanol–water partition coefficient (Wildman–Crippen LogP) is -0.892. The number of amidine groups is 1. The van der Waals surface area contributed by atoms with E-state index in [1.165, 1.54) is 0 Å². The van der Waals surface area contributed by atoms with Gasteiger partial charge in [-0.2, -0.15) is 0 Å². The lowest BCUT2D eigenvalue weighted by atomic mass is 10.2. The van der Waals surface area contributed by atoms with Crippen LogP contribution in [0, 0.1) is 0 Å². The Morgan fingerprint density at radius 1 is 1.64 bits per heavy atom. The Morgan fingerprint density at radius 2 is 2.29 bits per heavy atom. The molecule has 2 unspecified atom stereocenters. The molecule has 0 heterocycles. The number of aliphatic hydroxyl groups excluding tert-OH is 1. The molecule has 84 valence electrons. The van der Waals surface area contributed by atoms with Crippen molar-refractivity contribution in [2.45, 2.75) is 25.4 Å². The Labute approximate surface area is 83.7 Å². The van der Waals surface area contributed by atoms with E-state index in [1.807, 2.05) is 6.92 Å². The topological polar surface area (TPSA) is 100 Å². The number of methoxy groups -OCH3 is 1. The van der Waals surface area contributed by atoms with Gasteiger partial charge in [0.15, 0.2) is 5.84 Å². The van der Waals surface area contributed by atoms with Gasteiger partial charge in [-0.25, -0.2) is 0 Å². The molecule has 5 N–H and O–H groups in total. The van der Waals surface area contributed by atoms with E-state index in [2.05, 4.69) is 10.5 Å². The molecule has 0 aromatic rings. The molecule has 6 heteroatoms. The van der Waals surface area contributed by atoms with E-state index < -0.39 is 0 Å². The average molecular weight is 205 g/mol. The third-order valence-electron chi connectivity index (χ3n) is 1.91. The quantitative estimate of drug-likeness (QED) is 0.187. The van der Waals surface area contributed by atoms with E-state index in [-0.39, 0.29) is 24.5 Å². The van der Waals surface area contributed by atoms with E-state index in [9.17, 15) is 0 Å². The van der Waals surface area contributed by atoms with Gasteiger partial charge in [0, 0.05) is 7.11 Å². The lowest BCUT2D eigenvalue weighted by molar-refractivity contribution is 0.125. The summed E-state index contributed by atoms with van der Waals surface area (Å²) in [7, 11) is 1.55. The summed E-state index contributed by atoms with van der Waals surface area (Å²) in [6.45, 7) is 2.23. The number of ether oxygens (including phenoxy) is 1. The number of hydrogen-bond donors (Lipinski definition) is 4. The Balaban J connectivity index is 4.13. The number of aliphatic hydroxyl groups is 1. The van der Waals surface area contributed by atoms with Gasteiger partial charge < -0.3 is 26.1 Å². The Morgan fingerprint density at radius 3 is 2.64 bits per heavy atom. The number of nitrogens with zero attached hydrogens (tertiary/aromatic N) is 1. The highest BCUT2D eigenvalue weighted by atomic mass is 16.5. The van der Waals surface area contributed by atoms with Crippen molar-refractivity contribution >= 4 is 5.84 Å². The van der Waals surface area contributed by atoms with Crippen LogP contribution in [0.3, 0.4) is 0 Å². The van der Waals surface area contributed by atoms with Crippen LogP contribution in [0.5, 0.6) is 0 Å². The lowest BCUT2D eigenvalue weighted by Crippen LogP contribution is -2.49. The maximum atomic E-state index is 8.97. The lowest BCUT2D eigenvalue weighted by Gasteiger charge is -2.21. The van der Waals surface area contributed by atoms with Gasteiger partial charge in [0.2, 0.25) is 0 Å². The van der Waals surface area contributed by atoms with E-state index in [4.69, 9.17) is 20.8 Å². The molecule has 0 saturated heterocycles. The minimum Gasteiger partial charge on any atom is -0.409 e. The minimum absolute atomic E-state index is 0.0525. The molecule has 2 atom stereocenters. The predicted molar refractivity (Wildman–Crippen MR) is 53.4 cm³/mol. The van der Waals surface area contributed by atoms with Crippen LogP contribution >= 0.6 is 0 Å². The second kappa shape index (κ2) is 7.54. The fourth-order valence-electron chi connectivity index (χ4n) is 1.12. The molecule has 0 aromatic carbocycles. The van der Waals surface area contributed by atoms with Crippen LogP contribution in [0.25, 0.3) is 0 Å². The van der Waals surface area contributed by atoms with Crippen LogP contribution in [0.1, 0.15) is 13.3 Å².